The van der Waals surface area contributed by atoms with Crippen LogP contribution in [0.25, 0.3) is 0 Å². The van der Waals surface area contributed by atoms with Gasteiger partial charge < -0.3 is 14.6 Å². The number of benzene rings is 1. The Morgan fingerprint density at radius 2 is 2.08 bits per heavy atom. The lowest BCUT2D eigenvalue weighted by Crippen LogP contribution is -2.53. The summed E-state index contributed by atoms with van der Waals surface area (Å²) in [5, 5.41) is 0. The highest BCUT2D eigenvalue weighted by molar-refractivity contribution is 5.78. The molecule has 0 unspecified atom stereocenters. The topological polar surface area (TPSA) is 61.5 Å². The number of carbonyl (C=O) groups excluding carboxylic acids is 1. The lowest BCUT2D eigenvalue weighted by Gasteiger charge is -2.36. The standard InChI is InChI=1S/C17H19FN4O2/c18-13-3-1-12(2-4-13)6-22-15-8-21(7-14-5-19-11-20-14)9-16(15)24-10-17(22)23/h1-5,11,15-16H,6-10H2,(H,19,20)/t15-,16-/m1/s1. The summed E-state index contributed by atoms with van der Waals surface area (Å²) < 4.78 is 18.8. The van der Waals surface area contributed by atoms with E-state index < -0.39 is 0 Å². The second-order valence-electron chi connectivity index (χ2n) is 6.34. The molecule has 6 nitrogen and oxygen atoms in total. The number of nitrogens with zero attached hydrogens (tertiary/aromatic N) is 3. The summed E-state index contributed by atoms with van der Waals surface area (Å²) in [5.41, 5.74) is 1.97. The molecule has 1 N–H and O–H groups in total. The van der Waals surface area contributed by atoms with E-state index in [1.54, 1.807) is 18.5 Å². The van der Waals surface area contributed by atoms with Gasteiger partial charge >= 0.3 is 0 Å². The number of nitrogens with one attached hydrogen (secondary N) is 1. The largest absolute Gasteiger partial charge is 0.365 e. The Morgan fingerprint density at radius 1 is 1.25 bits per heavy atom. The van der Waals surface area contributed by atoms with Crippen LogP contribution in [0.15, 0.2) is 36.8 Å². The Hall–Kier alpha value is -2.25. The number of imidazole rings is 1. The van der Waals surface area contributed by atoms with E-state index in [4.69, 9.17) is 4.74 Å². The van der Waals surface area contributed by atoms with Gasteiger partial charge in [-0.2, -0.15) is 0 Å². The van der Waals surface area contributed by atoms with Crippen molar-refractivity contribution in [2.75, 3.05) is 19.7 Å². The summed E-state index contributed by atoms with van der Waals surface area (Å²) in [6.07, 6.45) is 3.50. The Bertz CT molecular complexity index is 704. The van der Waals surface area contributed by atoms with Crippen LogP contribution in [0.2, 0.25) is 0 Å². The number of hydrogen-bond donors (Lipinski definition) is 1. The van der Waals surface area contributed by atoms with E-state index in [0.717, 1.165) is 30.9 Å². The van der Waals surface area contributed by atoms with Gasteiger partial charge in [-0.15, -0.1) is 0 Å². The first-order chi connectivity index (χ1) is 11.7. The Balaban J connectivity index is 1.47. The van der Waals surface area contributed by atoms with Crippen molar-refractivity contribution in [1.29, 1.82) is 0 Å². The third kappa shape index (κ3) is 3.05. The number of likely N-dealkylation sites (tertiary alicyclic amines) is 1. The number of rotatable bonds is 4. The molecule has 1 aromatic heterocycles. The minimum atomic E-state index is -0.267. The number of hydrogen-bond acceptors (Lipinski definition) is 4. The maximum atomic E-state index is 13.1. The van der Waals surface area contributed by atoms with Crippen LogP contribution in [0.5, 0.6) is 0 Å². The van der Waals surface area contributed by atoms with Crippen molar-refractivity contribution in [3.8, 4) is 0 Å². The smallest absolute Gasteiger partial charge is 0.249 e. The lowest BCUT2D eigenvalue weighted by atomic mass is 10.1. The van der Waals surface area contributed by atoms with Crippen LogP contribution in [0.4, 0.5) is 4.39 Å². The monoisotopic (exact) mass is 330 g/mol. The second kappa shape index (κ2) is 6.33. The predicted octanol–water partition coefficient (Wildman–Crippen LogP) is 1.16. The zero-order valence-corrected chi connectivity index (χ0v) is 13.2. The molecular weight excluding hydrogens is 311 g/mol. The highest BCUT2D eigenvalue weighted by atomic mass is 19.1. The van der Waals surface area contributed by atoms with E-state index in [0.29, 0.717) is 6.54 Å². The van der Waals surface area contributed by atoms with Gasteiger partial charge in [0.1, 0.15) is 12.4 Å². The summed E-state index contributed by atoms with van der Waals surface area (Å²) >= 11 is 0. The normalized spacial score (nSPS) is 24.4. The van der Waals surface area contributed by atoms with E-state index in [1.807, 2.05) is 11.1 Å². The van der Waals surface area contributed by atoms with Gasteiger partial charge in [0.15, 0.2) is 0 Å². The summed E-state index contributed by atoms with van der Waals surface area (Å²) in [4.78, 5) is 23.6. The van der Waals surface area contributed by atoms with Crippen molar-refractivity contribution in [2.45, 2.75) is 25.2 Å². The van der Waals surface area contributed by atoms with Gasteiger partial charge in [0.2, 0.25) is 5.91 Å². The molecule has 0 aliphatic carbocycles. The van der Waals surface area contributed by atoms with Crippen LogP contribution in [-0.4, -0.2) is 57.5 Å². The van der Waals surface area contributed by atoms with E-state index >= 15 is 0 Å². The van der Waals surface area contributed by atoms with Crippen molar-refractivity contribution < 1.29 is 13.9 Å². The number of aromatic nitrogens is 2. The van der Waals surface area contributed by atoms with Gasteiger partial charge in [-0.1, -0.05) is 12.1 Å². The molecule has 4 rings (SSSR count). The first kappa shape index (κ1) is 15.3. The van der Waals surface area contributed by atoms with Crippen molar-refractivity contribution in [3.05, 3.63) is 53.9 Å². The molecule has 7 heteroatoms. The molecule has 0 radical (unpaired) electrons. The second-order valence-corrected chi connectivity index (χ2v) is 6.34. The number of amides is 1. The number of fused-ring (bicyclic) bond motifs is 1. The average molecular weight is 330 g/mol. The van der Waals surface area contributed by atoms with E-state index in [2.05, 4.69) is 14.9 Å². The fourth-order valence-corrected chi connectivity index (χ4v) is 3.48. The Labute approximate surface area is 139 Å². The molecule has 3 heterocycles. The Kier molecular flexibility index (Phi) is 4.03. The minimum Gasteiger partial charge on any atom is -0.365 e. The molecule has 2 saturated heterocycles. The molecule has 2 aromatic rings. The van der Waals surface area contributed by atoms with E-state index in [-0.39, 0.29) is 30.5 Å². The van der Waals surface area contributed by atoms with Crippen molar-refractivity contribution in [1.82, 2.24) is 19.8 Å². The number of aromatic amines is 1. The number of morpholine rings is 1. The lowest BCUT2D eigenvalue weighted by molar-refractivity contribution is -0.153. The number of H-pyrrole nitrogens is 1. The first-order valence-corrected chi connectivity index (χ1v) is 8.04. The highest BCUT2D eigenvalue weighted by Gasteiger charge is 2.43. The highest BCUT2D eigenvalue weighted by Crippen LogP contribution is 2.26. The number of ether oxygens (including phenoxy) is 1. The van der Waals surface area contributed by atoms with Gasteiger partial charge in [0.25, 0.3) is 0 Å². The SMILES string of the molecule is O=C1CO[C@@H]2CN(Cc3cnc[nH]3)C[C@H]2N1Cc1ccc(F)cc1. The summed E-state index contributed by atoms with van der Waals surface area (Å²) in [6, 6.07) is 6.34. The molecule has 24 heavy (non-hydrogen) atoms. The minimum absolute atomic E-state index is 0.0102. The van der Waals surface area contributed by atoms with Crippen molar-refractivity contribution in [3.63, 3.8) is 0 Å². The van der Waals surface area contributed by atoms with Crippen LogP contribution >= 0.6 is 0 Å². The van der Waals surface area contributed by atoms with Gasteiger partial charge in [-0.05, 0) is 17.7 Å². The third-order valence-corrected chi connectivity index (χ3v) is 4.67. The van der Waals surface area contributed by atoms with E-state index in [1.165, 1.54) is 12.1 Å². The maximum Gasteiger partial charge on any atom is 0.249 e. The van der Waals surface area contributed by atoms with Crippen molar-refractivity contribution >= 4 is 5.91 Å². The average Bonchev–Trinajstić information content (AvgIpc) is 3.22. The van der Waals surface area contributed by atoms with Crippen LogP contribution in [0.1, 0.15) is 11.3 Å². The molecule has 2 atom stereocenters. The molecular formula is C17H19FN4O2. The molecule has 2 aliphatic rings. The molecule has 2 aliphatic heterocycles. The fourth-order valence-electron chi connectivity index (χ4n) is 3.48. The van der Waals surface area contributed by atoms with Crippen LogP contribution in [0, 0.1) is 5.82 Å². The van der Waals surface area contributed by atoms with E-state index in [9.17, 15) is 9.18 Å². The quantitative estimate of drug-likeness (QED) is 0.914. The molecule has 126 valence electrons. The molecule has 1 aromatic carbocycles. The summed E-state index contributed by atoms with van der Waals surface area (Å²) in [7, 11) is 0. The van der Waals surface area contributed by atoms with Crippen LogP contribution in [0.3, 0.4) is 0 Å². The van der Waals surface area contributed by atoms with Crippen molar-refractivity contribution in [2.24, 2.45) is 0 Å². The first-order valence-electron chi connectivity index (χ1n) is 8.04. The van der Waals surface area contributed by atoms with Crippen LogP contribution in [-0.2, 0) is 22.6 Å². The molecule has 0 spiro atoms. The molecule has 2 fully saturated rings. The molecule has 0 saturated carbocycles. The number of halogens is 1. The van der Waals surface area contributed by atoms with Gasteiger partial charge in [0.05, 0.1) is 18.5 Å². The van der Waals surface area contributed by atoms with Gasteiger partial charge in [-0.3, -0.25) is 9.69 Å². The molecule has 1 amide bonds. The number of carbonyl (C=O) groups is 1. The van der Waals surface area contributed by atoms with Crippen LogP contribution < -0.4 is 0 Å². The van der Waals surface area contributed by atoms with Gasteiger partial charge in [-0.25, -0.2) is 9.37 Å². The zero-order valence-electron chi connectivity index (χ0n) is 13.2. The Morgan fingerprint density at radius 3 is 2.83 bits per heavy atom. The zero-order chi connectivity index (χ0) is 16.5. The maximum absolute atomic E-state index is 13.1. The molecule has 0 bridgehead atoms. The fraction of sp³-hybridized carbons (Fsp3) is 0.412. The van der Waals surface area contributed by atoms with Gasteiger partial charge in [0, 0.05) is 38.1 Å². The summed E-state index contributed by atoms with van der Waals surface area (Å²) in [6.45, 7) is 2.91. The predicted molar refractivity (Wildman–Crippen MR) is 84.3 cm³/mol. The third-order valence-electron chi connectivity index (χ3n) is 4.67. The summed E-state index contributed by atoms with van der Waals surface area (Å²) in [5.74, 6) is -0.277.